The molecule has 0 aliphatic heterocycles. The van der Waals surface area contributed by atoms with E-state index in [1.54, 1.807) is 0 Å². The summed E-state index contributed by atoms with van der Waals surface area (Å²) in [5.41, 5.74) is -0.208. The maximum atomic E-state index is 12.6. The van der Waals surface area contributed by atoms with Crippen LogP contribution in [0.5, 0.6) is 5.75 Å². The fourth-order valence-corrected chi connectivity index (χ4v) is 1.26. The van der Waals surface area contributed by atoms with E-state index >= 15 is 0 Å². The number of ether oxygens (including phenoxy) is 1. The average molecular weight is 231 g/mol. The molecule has 0 amide bonds. The molecule has 1 unspecified atom stereocenters. The van der Waals surface area contributed by atoms with Gasteiger partial charge in [0.1, 0.15) is 5.75 Å². The van der Waals surface area contributed by atoms with Crippen molar-refractivity contribution in [3.05, 3.63) is 29.8 Å². The number of hydrogen-bond acceptors (Lipinski definition) is 3. The van der Waals surface area contributed by atoms with Crippen LogP contribution in [0.2, 0.25) is 0 Å². The summed E-state index contributed by atoms with van der Waals surface area (Å²) in [5.74, 6) is 0.0313. The molecule has 0 aliphatic carbocycles. The topological polar surface area (TPSA) is 38.7 Å². The molecule has 1 atom stereocenters. The number of methoxy groups -OCH3 is 1. The minimum Gasteiger partial charge on any atom is -0.496 e. The molecular weight excluding hydrogens is 223 g/mol. The molecule has 0 aliphatic rings. The average Bonchev–Trinajstić information content (AvgIpc) is 2.24. The fraction of sp³-hybridized carbons (Fsp3) is 0.300. The molecule has 6 heteroatoms. The van der Waals surface area contributed by atoms with Gasteiger partial charge in [-0.3, -0.25) is 0 Å². The highest BCUT2D eigenvalue weighted by Crippen LogP contribution is 2.39. The molecule has 0 heterocycles. The van der Waals surface area contributed by atoms with Gasteiger partial charge in [0, 0.05) is 5.56 Å². The van der Waals surface area contributed by atoms with Crippen LogP contribution in [-0.2, 0) is 4.79 Å². The largest absolute Gasteiger partial charge is 0.496 e. The minimum absolute atomic E-state index is 0.0313. The van der Waals surface area contributed by atoms with Crippen molar-refractivity contribution in [2.75, 3.05) is 7.11 Å². The molecule has 1 rings (SSSR count). The van der Waals surface area contributed by atoms with Crippen LogP contribution < -0.4 is 4.74 Å². The third kappa shape index (κ3) is 2.61. The van der Waals surface area contributed by atoms with Gasteiger partial charge >= 0.3 is 6.18 Å². The third-order valence-electron chi connectivity index (χ3n) is 1.93. The first-order valence-electron chi connectivity index (χ1n) is 4.27. The van der Waals surface area contributed by atoms with E-state index in [4.69, 9.17) is 4.74 Å². The Bertz CT molecular complexity index is 411. The van der Waals surface area contributed by atoms with Crippen molar-refractivity contribution in [3.63, 3.8) is 0 Å². The predicted octanol–water partition coefficient (Wildman–Crippen LogP) is 2.63. The Balaban J connectivity index is 3.26. The maximum Gasteiger partial charge on any atom is 0.415 e. The smallest absolute Gasteiger partial charge is 0.415 e. The normalized spacial score (nSPS) is 12.8. The predicted molar refractivity (Wildman–Crippen MR) is 49.9 cm³/mol. The van der Waals surface area contributed by atoms with Crippen LogP contribution in [-0.4, -0.2) is 19.4 Å². The molecule has 16 heavy (non-hydrogen) atoms. The summed E-state index contributed by atoms with van der Waals surface area (Å²) < 4.78 is 42.5. The number of aliphatic imine (C=N–C) groups is 1. The molecule has 1 aromatic carbocycles. The van der Waals surface area contributed by atoms with Crippen molar-refractivity contribution in [2.45, 2.75) is 12.2 Å². The molecule has 3 nitrogen and oxygen atoms in total. The Kier molecular flexibility index (Phi) is 3.68. The molecule has 1 aromatic rings. The van der Waals surface area contributed by atoms with Crippen molar-refractivity contribution in [3.8, 4) is 5.75 Å². The number of nitrogens with zero attached hydrogens (tertiary/aromatic N) is 1. The van der Waals surface area contributed by atoms with E-state index in [2.05, 4.69) is 4.99 Å². The van der Waals surface area contributed by atoms with Gasteiger partial charge in [-0.25, -0.2) is 4.79 Å². The van der Waals surface area contributed by atoms with Crippen molar-refractivity contribution in [1.29, 1.82) is 0 Å². The molecule has 0 saturated heterocycles. The van der Waals surface area contributed by atoms with Crippen LogP contribution in [0, 0.1) is 0 Å². The first kappa shape index (κ1) is 12.3. The number of isocyanates is 1. The lowest BCUT2D eigenvalue weighted by Gasteiger charge is -2.17. The summed E-state index contributed by atoms with van der Waals surface area (Å²) in [7, 11) is 1.25. The van der Waals surface area contributed by atoms with Gasteiger partial charge in [-0.15, -0.1) is 0 Å². The van der Waals surface area contributed by atoms with Crippen LogP contribution in [0.1, 0.15) is 11.6 Å². The van der Waals surface area contributed by atoms with E-state index in [1.165, 1.54) is 31.4 Å². The lowest BCUT2D eigenvalue weighted by Crippen LogP contribution is -2.19. The van der Waals surface area contributed by atoms with Crippen molar-refractivity contribution < 1.29 is 22.7 Å². The summed E-state index contributed by atoms with van der Waals surface area (Å²) >= 11 is 0. The summed E-state index contributed by atoms with van der Waals surface area (Å²) in [6.07, 6.45) is -3.72. The second kappa shape index (κ2) is 4.81. The highest BCUT2D eigenvalue weighted by molar-refractivity contribution is 5.41. The van der Waals surface area contributed by atoms with Crippen LogP contribution in [0.3, 0.4) is 0 Å². The summed E-state index contributed by atoms with van der Waals surface area (Å²) in [6.45, 7) is 0. The number of para-hydroxylation sites is 1. The Labute approximate surface area is 89.6 Å². The van der Waals surface area contributed by atoms with Gasteiger partial charge < -0.3 is 4.74 Å². The monoisotopic (exact) mass is 231 g/mol. The maximum absolute atomic E-state index is 12.6. The SMILES string of the molecule is COc1ccccc1C(N=C=O)C(F)(F)F. The van der Waals surface area contributed by atoms with Gasteiger partial charge in [0.2, 0.25) is 6.08 Å². The lowest BCUT2D eigenvalue weighted by atomic mass is 10.1. The molecular formula is C10H8F3NO2. The number of carbonyl (C=O) groups excluding carboxylic acids is 1. The molecule has 0 spiro atoms. The van der Waals surface area contributed by atoms with Gasteiger partial charge in [-0.1, -0.05) is 18.2 Å². The molecule has 0 radical (unpaired) electrons. The van der Waals surface area contributed by atoms with Crippen LogP contribution in [0.25, 0.3) is 0 Å². The van der Waals surface area contributed by atoms with Gasteiger partial charge in [-0.05, 0) is 6.07 Å². The second-order valence-corrected chi connectivity index (χ2v) is 2.91. The molecule has 0 fully saturated rings. The Morgan fingerprint density at radius 1 is 1.38 bits per heavy atom. The highest BCUT2D eigenvalue weighted by Gasteiger charge is 2.42. The number of alkyl halides is 3. The van der Waals surface area contributed by atoms with Gasteiger partial charge in [0.25, 0.3) is 0 Å². The standard InChI is InChI=1S/C10H8F3NO2/c1-16-8-5-3-2-4-7(8)9(14-6-15)10(11,12)13/h2-5,9H,1H3. The summed E-state index contributed by atoms with van der Waals surface area (Å²) in [4.78, 5) is 12.8. The zero-order valence-corrected chi connectivity index (χ0v) is 8.28. The number of halogens is 3. The Morgan fingerprint density at radius 3 is 2.50 bits per heavy atom. The van der Waals surface area contributed by atoms with Crippen molar-refractivity contribution in [1.82, 2.24) is 0 Å². The zero-order valence-electron chi connectivity index (χ0n) is 8.28. The Morgan fingerprint density at radius 2 is 2.00 bits per heavy atom. The molecule has 0 aromatic heterocycles. The zero-order chi connectivity index (χ0) is 12.2. The quantitative estimate of drug-likeness (QED) is 0.592. The Hall–Kier alpha value is -1.81. The minimum atomic E-state index is -4.65. The molecule has 86 valence electrons. The first-order valence-corrected chi connectivity index (χ1v) is 4.27. The fourth-order valence-electron chi connectivity index (χ4n) is 1.26. The summed E-state index contributed by atoms with van der Waals surface area (Å²) in [5, 5.41) is 0. The van der Waals surface area contributed by atoms with Crippen LogP contribution in [0.4, 0.5) is 13.2 Å². The van der Waals surface area contributed by atoms with E-state index in [1.807, 2.05) is 0 Å². The van der Waals surface area contributed by atoms with E-state index in [9.17, 15) is 18.0 Å². The van der Waals surface area contributed by atoms with Crippen LogP contribution in [0.15, 0.2) is 29.3 Å². The first-order chi connectivity index (χ1) is 7.50. The molecule has 0 saturated carbocycles. The van der Waals surface area contributed by atoms with E-state index < -0.39 is 12.2 Å². The van der Waals surface area contributed by atoms with Crippen LogP contribution >= 0.6 is 0 Å². The van der Waals surface area contributed by atoms with E-state index in [0.29, 0.717) is 0 Å². The lowest BCUT2D eigenvalue weighted by molar-refractivity contribution is -0.148. The number of rotatable bonds is 3. The summed E-state index contributed by atoms with van der Waals surface area (Å²) in [6, 6.07) is 3.28. The van der Waals surface area contributed by atoms with Crippen molar-refractivity contribution in [2.24, 2.45) is 4.99 Å². The van der Waals surface area contributed by atoms with Crippen molar-refractivity contribution >= 4 is 6.08 Å². The molecule has 0 N–H and O–H groups in total. The van der Waals surface area contributed by atoms with Gasteiger partial charge in [-0.2, -0.15) is 18.2 Å². The number of benzene rings is 1. The highest BCUT2D eigenvalue weighted by atomic mass is 19.4. The van der Waals surface area contributed by atoms with Gasteiger partial charge in [0.15, 0.2) is 6.04 Å². The second-order valence-electron chi connectivity index (χ2n) is 2.91. The van der Waals surface area contributed by atoms with E-state index in [0.717, 1.165) is 6.08 Å². The molecule has 0 bridgehead atoms. The third-order valence-corrected chi connectivity index (χ3v) is 1.93. The van der Waals surface area contributed by atoms with Gasteiger partial charge in [0.05, 0.1) is 7.11 Å². The van der Waals surface area contributed by atoms with E-state index in [-0.39, 0.29) is 11.3 Å². The number of hydrogen-bond donors (Lipinski definition) is 0.